The Bertz CT molecular complexity index is 1670. The van der Waals surface area contributed by atoms with E-state index < -0.39 is 53.3 Å². The number of benzene rings is 2. The third kappa shape index (κ3) is 4.15. The Hall–Kier alpha value is -4.83. The van der Waals surface area contributed by atoms with Crippen molar-refractivity contribution in [2.24, 2.45) is 21.5 Å². The molecular formula is C29H31F2N9O5. The number of aliphatic imine (C=N–C) groups is 2. The summed E-state index contributed by atoms with van der Waals surface area (Å²) in [6.45, 7) is -0.757. The van der Waals surface area contributed by atoms with E-state index in [9.17, 15) is 33.4 Å². The number of hydrogen-bond acceptors (Lipinski definition) is 11. The number of alkyl halides is 2. The Morgan fingerprint density at radius 1 is 1.09 bits per heavy atom. The Morgan fingerprint density at radius 3 is 2.60 bits per heavy atom. The number of nitrogens with zero attached hydrogens (tertiary/aromatic N) is 5. The second-order valence-electron chi connectivity index (χ2n) is 11.9. The molecule has 1 spiro atoms. The minimum Gasteiger partial charge on any atom is -0.370 e. The highest BCUT2D eigenvalue weighted by Gasteiger charge is 2.73. The zero-order valence-electron chi connectivity index (χ0n) is 23.9. The van der Waals surface area contributed by atoms with Gasteiger partial charge in [-0.2, -0.15) is 0 Å². The molecule has 4 heterocycles. The zero-order chi connectivity index (χ0) is 31.9. The summed E-state index contributed by atoms with van der Waals surface area (Å²) in [7, 11) is 0. The van der Waals surface area contributed by atoms with Crippen LogP contribution in [-0.2, 0) is 17.1 Å². The fraction of sp³-hybridized carbons (Fsp3) is 0.414. The van der Waals surface area contributed by atoms with Crippen LogP contribution in [0, 0.1) is 0 Å². The number of urea groups is 1. The molecule has 14 nitrogen and oxygen atoms in total. The van der Waals surface area contributed by atoms with E-state index in [4.69, 9.17) is 11.5 Å². The van der Waals surface area contributed by atoms with Gasteiger partial charge in [-0.05, 0) is 36.6 Å². The van der Waals surface area contributed by atoms with Gasteiger partial charge in [-0.15, -0.1) is 0 Å². The molecule has 0 radical (unpaired) electrons. The van der Waals surface area contributed by atoms with Crippen LogP contribution in [0.3, 0.4) is 0 Å². The molecule has 2 aromatic carbocycles. The molecule has 0 saturated carbocycles. The molecule has 5 aliphatic rings. The maximum absolute atomic E-state index is 14.6. The van der Waals surface area contributed by atoms with Crippen LogP contribution < -0.4 is 27.0 Å². The number of carbonyl (C=O) groups excluding carboxylic acids is 3. The summed E-state index contributed by atoms with van der Waals surface area (Å²) < 4.78 is 29.2. The van der Waals surface area contributed by atoms with Crippen LogP contribution in [0.2, 0.25) is 0 Å². The van der Waals surface area contributed by atoms with Crippen LogP contribution >= 0.6 is 0 Å². The largest absolute Gasteiger partial charge is 0.370 e. The molecule has 2 saturated heterocycles. The minimum absolute atomic E-state index is 0.00489. The molecule has 7 rings (SSSR count). The molecule has 45 heavy (non-hydrogen) atoms. The summed E-state index contributed by atoms with van der Waals surface area (Å²) in [4.78, 5) is 52.3. The van der Waals surface area contributed by atoms with Crippen LogP contribution in [0.1, 0.15) is 34.3 Å². The average molecular weight is 624 g/mol. The number of aliphatic hydroxyl groups is 2. The molecule has 4 aliphatic heterocycles. The van der Waals surface area contributed by atoms with Crippen molar-refractivity contribution in [1.29, 1.82) is 0 Å². The van der Waals surface area contributed by atoms with E-state index in [0.29, 0.717) is 5.69 Å². The predicted molar refractivity (Wildman–Crippen MR) is 156 cm³/mol. The third-order valence-electron chi connectivity index (χ3n) is 9.33. The highest BCUT2D eigenvalue weighted by atomic mass is 19.3. The van der Waals surface area contributed by atoms with Gasteiger partial charge in [0.25, 0.3) is 17.7 Å². The molecule has 0 aromatic heterocycles. The lowest BCUT2D eigenvalue weighted by atomic mass is 9.84. The average Bonchev–Trinajstić information content (AvgIpc) is 3.58. The van der Waals surface area contributed by atoms with Gasteiger partial charge in [0.1, 0.15) is 18.6 Å². The SMILES string of the molecule is NC1=NC2[C@H](CN3C(=O)CN(c4ccccc4)C3=O)N=C(N)N3CC(NC(=O)c4cccc5c4CCCC5(F)F)C(O)(O)C23N1. The second-order valence-corrected chi connectivity index (χ2v) is 11.9. The lowest BCUT2D eigenvalue weighted by molar-refractivity contribution is -0.230. The number of fused-ring (bicyclic) bond motifs is 1. The summed E-state index contributed by atoms with van der Waals surface area (Å²) in [6.07, 6.45) is 0.134. The Kier molecular flexibility index (Phi) is 6.32. The quantitative estimate of drug-likeness (QED) is 0.185. The lowest BCUT2D eigenvalue weighted by Crippen LogP contribution is -2.78. The first kappa shape index (κ1) is 28.9. The van der Waals surface area contributed by atoms with Gasteiger partial charge in [0.2, 0.25) is 5.79 Å². The number of carbonyl (C=O) groups is 3. The van der Waals surface area contributed by atoms with Gasteiger partial charge in [-0.1, -0.05) is 30.3 Å². The number of imide groups is 1. The van der Waals surface area contributed by atoms with Crippen molar-refractivity contribution < 1.29 is 33.4 Å². The molecule has 2 aromatic rings. The van der Waals surface area contributed by atoms with Gasteiger partial charge >= 0.3 is 6.03 Å². The molecule has 4 atom stereocenters. The van der Waals surface area contributed by atoms with Gasteiger partial charge in [-0.3, -0.25) is 19.4 Å². The first-order valence-corrected chi connectivity index (χ1v) is 14.5. The van der Waals surface area contributed by atoms with Crippen molar-refractivity contribution >= 4 is 35.5 Å². The van der Waals surface area contributed by atoms with Crippen LogP contribution in [0.4, 0.5) is 19.3 Å². The van der Waals surface area contributed by atoms with Crippen LogP contribution in [0.15, 0.2) is 58.5 Å². The number of rotatable bonds is 5. The van der Waals surface area contributed by atoms with Crippen molar-refractivity contribution in [3.8, 4) is 0 Å². The van der Waals surface area contributed by atoms with E-state index in [1.54, 1.807) is 30.3 Å². The Labute approximate surface area is 255 Å². The molecule has 16 heteroatoms. The number of amides is 4. The number of hydrogen-bond donors (Lipinski definition) is 6. The van der Waals surface area contributed by atoms with Gasteiger partial charge < -0.3 is 37.2 Å². The van der Waals surface area contributed by atoms with E-state index in [2.05, 4.69) is 20.6 Å². The number of halogens is 2. The summed E-state index contributed by atoms with van der Waals surface area (Å²) in [5.41, 5.74) is 11.0. The molecular weight excluding hydrogens is 592 g/mol. The van der Waals surface area contributed by atoms with Crippen molar-refractivity contribution in [2.75, 3.05) is 24.5 Å². The van der Waals surface area contributed by atoms with Crippen molar-refractivity contribution in [1.82, 2.24) is 20.4 Å². The Balaban J connectivity index is 1.17. The van der Waals surface area contributed by atoms with Crippen molar-refractivity contribution in [3.05, 3.63) is 65.2 Å². The maximum Gasteiger partial charge on any atom is 0.331 e. The van der Waals surface area contributed by atoms with Crippen LogP contribution in [0.5, 0.6) is 0 Å². The van der Waals surface area contributed by atoms with Crippen LogP contribution in [0.25, 0.3) is 0 Å². The van der Waals surface area contributed by atoms with E-state index >= 15 is 0 Å². The number of nitrogens with one attached hydrogen (secondary N) is 2. The molecule has 8 N–H and O–H groups in total. The van der Waals surface area contributed by atoms with Gasteiger partial charge in [0, 0.05) is 29.8 Å². The number of anilines is 1. The second kappa shape index (κ2) is 9.84. The fourth-order valence-electron chi connectivity index (χ4n) is 7.22. The monoisotopic (exact) mass is 623 g/mol. The molecule has 1 aliphatic carbocycles. The first-order chi connectivity index (χ1) is 21.3. The molecule has 236 valence electrons. The van der Waals surface area contributed by atoms with E-state index in [-0.39, 0.29) is 67.5 Å². The van der Waals surface area contributed by atoms with E-state index in [1.165, 1.54) is 28.0 Å². The summed E-state index contributed by atoms with van der Waals surface area (Å²) in [5, 5.41) is 28.9. The molecule has 3 unspecified atom stereocenters. The fourth-order valence-corrected chi connectivity index (χ4v) is 7.22. The topological polar surface area (TPSA) is 202 Å². The standard InChI is InChI=1S/C29H31F2N9O5/c30-27(31)11-5-9-16-17(8-4-10-18(16)27)23(42)35-20-13-40-25(33)34-19(22-28(40,29(20,44)45)37-24(32)36-22)12-39-21(41)14-38(26(39)43)15-6-2-1-3-7-15/h1-4,6-8,10,19-20,22,44-45H,5,9,11-14H2,(H2,33,34)(H,35,42)(H3,32,36,37)/t19-,20?,22?,28?/m0/s1. The highest BCUT2D eigenvalue weighted by molar-refractivity contribution is 6.12. The van der Waals surface area contributed by atoms with Gasteiger partial charge in [0.15, 0.2) is 17.6 Å². The number of nitrogens with two attached hydrogens (primary N) is 2. The maximum atomic E-state index is 14.6. The van der Waals surface area contributed by atoms with E-state index in [1.807, 2.05) is 0 Å². The van der Waals surface area contributed by atoms with Crippen molar-refractivity contribution in [3.63, 3.8) is 0 Å². The van der Waals surface area contributed by atoms with Crippen molar-refractivity contribution in [2.45, 2.75) is 54.8 Å². The summed E-state index contributed by atoms with van der Waals surface area (Å²) >= 11 is 0. The summed E-state index contributed by atoms with van der Waals surface area (Å²) in [6, 6.07) is 8.49. The van der Waals surface area contributed by atoms with Gasteiger partial charge in [-0.25, -0.2) is 23.6 Å². The first-order valence-electron chi connectivity index (χ1n) is 14.5. The van der Waals surface area contributed by atoms with E-state index in [0.717, 1.165) is 4.90 Å². The van der Waals surface area contributed by atoms with Crippen LogP contribution in [-0.4, -0.2) is 99.0 Å². The highest BCUT2D eigenvalue weighted by Crippen LogP contribution is 2.46. The normalized spacial score (nSPS) is 29.4. The zero-order valence-corrected chi connectivity index (χ0v) is 23.9. The number of para-hydroxylation sites is 1. The Morgan fingerprint density at radius 2 is 1.84 bits per heavy atom. The number of guanidine groups is 2. The predicted octanol–water partition coefficient (Wildman–Crippen LogP) is -0.642. The minimum atomic E-state index is -3.08. The third-order valence-corrected chi connectivity index (χ3v) is 9.33. The smallest absolute Gasteiger partial charge is 0.331 e. The summed E-state index contributed by atoms with van der Waals surface area (Å²) in [5.74, 6) is -7.50. The molecule has 4 amide bonds. The molecule has 0 bridgehead atoms. The van der Waals surface area contributed by atoms with Gasteiger partial charge in [0.05, 0.1) is 12.6 Å². The molecule has 2 fully saturated rings. The lowest BCUT2D eigenvalue weighted by Gasteiger charge is -2.49.